The number of hydrogen-bond donors (Lipinski definition) is 1. The maximum atomic E-state index is 5.92. The Morgan fingerprint density at radius 2 is 1.94 bits per heavy atom. The average molecular weight is 230 g/mol. The molecule has 0 radical (unpaired) electrons. The van der Waals surface area contributed by atoms with Crippen molar-refractivity contribution in [2.45, 2.75) is 46.6 Å². The van der Waals surface area contributed by atoms with Gasteiger partial charge in [-0.2, -0.15) is 0 Å². The lowest BCUT2D eigenvalue weighted by Crippen LogP contribution is -2.56. The zero-order valence-corrected chi connectivity index (χ0v) is 11.8. The van der Waals surface area contributed by atoms with Crippen molar-refractivity contribution in [2.75, 3.05) is 32.8 Å². The number of ether oxygens (including phenoxy) is 1. The molecule has 2 atom stereocenters. The molecule has 0 aliphatic heterocycles. The molecule has 16 heavy (non-hydrogen) atoms. The largest absolute Gasteiger partial charge is 0.380 e. The van der Waals surface area contributed by atoms with Gasteiger partial charge in [-0.25, -0.2) is 0 Å². The average Bonchev–Trinajstić information content (AvgIpc) is 2.32. The van der Waals surface area contributed by atoms with E-state index in [4.69, 9.17) is 10.5 Å². The van der Waals surface area contributed by atoms with E-state index in [1.807, 2.05) is 6.92 Å². The topological polar surface area (TPSA) is 38.5 Å². The van der Waals surface area contributed by atoms with E-state index in [9.17, 15) is 0 Å². The lowest BCUT2D eigenvalue weighted by Gasteiger charge is -2.41. The third-order valence-electron chi connectivity index (χ3n) is 3.43. The maximum absolute atomic E-state index is 5.92. The Labute approximate surface area is 101 Å². The molecule has 0 bridgehead atoms. The van der Waals surface area contributed by atoms with E-state index in [1.165, 1.54) is 6.42 Å². The number of rotatable bonds is 9. The van der Waals surface area contributed by atoms with E-state index >= 15 is 0 Å². The molecule has 0 heterocycles. The summed E-state index contributed by atoms with van der Waals surface area (Å²) in [4.78, 5) is 2.46. The van der Waals surface area contributed by atoms with Crippen molar-refractivity contribution < 1.29 is 4.74 Å². The van der Waals surface area contributed by atoms with E-state index in [0.29, 0.717) is 12.5 Å². The van der Waals surface area contributed by atoms with Gasteiger partial charge in [-0.05, 0) is 26.3 Å². The molecule has 0 spiro atoms. The number of hydrogen-bond acceptors (Lipinski definition) is 3. The van der Waals surface area contributed by atoms with Crippen LogP contribution in [0.3, 0.4) is 0 Å². The van der Waals surface area contributed by atoms with E-state index in [0.717, 1.165) is 26.3 Å². The van der Waals surface area contributed by atoms with Gasteiger partial charge in [0.2, 0.25) is 0 Å². The molecule has 0 aliphatic carbocycles. The smallest absolute Gasteiger partial charge is 0.0659 e. The molecule has 2 N–H and O–H groups in total. The fraction of sp³-hybridized carbons (Fsp3) is 1.00. The van der Waals surface area contributed by atoms with Crippen LogP contribution in [0.4, 0.5) is 0 Å². The Hall–Kier alpha value is -0.120. The Morgan fingerprint density at radius 1 is 1.31 bits per heavy atom. The van der Waals surface area contributed by atoms with Gasteiger partial charge in [0.15, 0.2) is 0 Å². The van der Waals surface area contributed by atoms with Gasteiger partial charge in [-0.1, -0.05) is 27.2 Å². The van der Waals surface area contributed by atoms with Crippen LogP contribution in [0.5, 0.6) is 0 Å². The number of nitrogens with two attached hydrogens (primary N) is 1. The minimum atomic E-state index is -0.0197. The van der Waals surface area contributed by atoms with Crippen molar-refractivity contribution in [1.82, 2.24) is 4.90 Å². The molecular formula is C13H30N2O. The summed E-state index contributed by atoms with van der Waals surface area (Å²) in [6, 6.07) is 0. The highest BCUT2D eigenvalue weighted by Crippen LogP contribution is 2.17. The Morgan fingerprint density at radius 3 is 2.31 bits per heavy atom. The summed E-state index contributed by atoms with van der Waals surface area (Å²) < 4.78 is 5.57. The molecule has 98 valence electrons. The first-order valence-electron chi connectivity index (χ1n) is 6.56. The summed E-state index contributed by atoms with van der Waals surface area (Å²) in [7, 11) is 0. The zero-order valence-electron chi connectivity index (χ0n) is 11.8. The van der Waals surface area contributed by atoms with Crippen LogP contribution in [-0.4, -0.2) is 43.3 Å². The first-order chi connectivity index (χ1) is 7.53. The molecule has 3 nitrogen and oxygen atoms in total. The van der Waals surface area contributed by atoms with Gasteiger partial charge in [0, 0.05) is 19.7 Å². The van der Waals surface area contributed by atoms with Gasteiger partial charge in [0.05, 0.1) is 12.1 Å². The van der Waals surface area contributed by atoms with Gasteiger partial charge in [0.25, 0.3) is 0 Å². The standard InChI is InChI=1S/C13H30N2O/c1-6-12(4)9-15(7-2)13(5,10-14)11-16-8-3/h12H,6-11,14H2,1-5H3. The Balaban J connectivity index is 4.46. The van der Waals surface area contributed by atoms with Crippen LogP contribution in [-0.2, 0) is 4.74 Å². The van der Waals surface area contributed by atoms with Gasteiger partial charge in [-0.15, -0.1) is 0 Å². The van der Waals surface area contributed by atoms with E-state index < -0.39 is 0 Å². The van der Waals surface area contributed by atoms with Crippen LogP contribution in [0.2, 0.25) is 0 Å². The molecule has 0 saturated carbocycles. The quantitative estimate of drug-likeness (QED) is 0.659. The van der Waals surface area contributed by atoms with Crippen molar-refractivity contribution in [1.29, 1.82) is 0 Å². The van der Waals surface area contributed by atoms with Crippen LogP contribution in [0, 0.1) is 5.92 Å². The SMILES string of the molecule is CCOCC(C)(CN)N(CC)CC(C)CC. The summed E-state index contributed by atoms with van der Waals surface area (Å²) in [6.45, 7) is 15.2. The molecule has 2 unspecified atom stereocenters. The highest BCUT2D eigenvalue weighted by molar-refractivity contribution is 4.87. The molecule has 0 rings (SSSR count). The molecule has 0 aromatic carbocycles. The van der Waals surface area contributed by atoms with Crippen LogP contribution < -0.4 is 5.73 Å². The highest BCUT2D eigenvalue weighted by atomic mass is 16.5. The molecule has 0 aliphatic rings. The molecule has 0 amide bonds. The molecule has 0 aromatic heterocycles. The fourth-order valence-corrected chi connectivity index (χ4v) is 1.84. The van der Waals surface area contributed by atoms with Crippen LogP contribution in [0.1, 0.15) is 41.0 Å². The fourth-order valence-electron chi connectivity index (χ4n) is 1.84. The van der Waals surface area contributed by atoms with Crippen LogP contribution in [0.15, 0.2) is 0 Å². The number of likely N-dealkylation sites (N-methyl/N-ethyl adjacent to an activating group) is 1. The van der Waals surface area contributed by atoms with Gasteiger partial charge >= 0.3 is 0 Å². The van der Waals surface area contributed by atoms with E-state index in [2.05, 4.69) is 32.6 Å². The summed E-state index contributed by atoms with van der Waals surface area (Å²) in [5.41, 5.74) is 5.90. The number of nitrogens with zero attached hydrogens (tertiary/aromatic N) is 1. The van der Waals surface area contributed by atoms with Crippen molar-refractivity contribution in [3.05, 3.63) is 0 Å². The molecule has 0 fully saturated rings. The third-order valence-corrected chi connectivity index (χ3v) is 3.43. The van der Waals surface area contributed by atoms with Crippen LogP contribution >= 0.6 is 0 Å². The van der Waals surface area contributed by atoms with E-state index in [1.54, 1.807) is 0 Å². The van der Waals surface area contributed by atoms with Gasteiger partial charge < -0.3 is 10.5 Å². The third kappa shape index (κ3) is 4.81. The second kappa shape index (κ2) is 8.04. The predicted molar refractivity (Wildman–Crippen MR) is 70.7 cm³/mol. The van der Waals surface area contributed by atoms with Crippen molar-refractivity contribution >= 4 is 0 Å². The first-order valence-corrected chi connectivity index (χ1v) is 6.56. The molecule has 0 aromatic rings. The van der Waals surface area contributed by atoms with Gasteiger partial charge in [0.1, 0.15) is 0 Å². The summed E-state index contributed by atoms with van der Waals surface area (Å²) >= 11 is 0. The molecule has 3 heteroatoms. The minimum absolute atomic E-state index is 0.0197. The van der Waals surface area contributed by atoms with Gasteiger partial charge in [-0.3, -0.25) is 4.90 Å². The highest BCUT2D eigenvalue weighted by Gasteiger charge is 2.30. The molecule has 0 saturated heterocycles. The van der Waals surface area contributed by atoms with Crippen LogP contribution in [0.25, 0.3) is 0 Å². The lowest BCUT2D eigenvalue weighted by atomic mass is 9.98. The minimum Gasteiger partial charge on any atom is -0.380 e. The normalized spacial score (nSPS) is 17.4. The summed E-state index contributed by atoms with van der Waals surface area (Å²) in [5.74, 6) is 0.715. The predicted octanol–water partition coefficient (Wildman–Crippen LogP) is 2.11. The Bertz CT molecular complexity index is 175. The van der Waals surface area contributed by atoms with Crippen molar-refractivity contribution in [3.63, 3.8) is 0 Å². The summed E-state index contributed by atoms with van der Waals surface area (Å²) in [6.07, 6.45) is 1.21. The zero-order chi connectivity index (χ0) is 12.6. The van der Waals surface area contributed by atoms with Crippen molar-refractivity contribution in [3.8, 4) is 0 Å². The lowest BCUT2D eigenvalue weighted by molar-refractivity contribution is 0.00595. The maximum Gasteiger partial charge on any atom is 0.0659 e. The monoisotopic (exact) mass is 230 g/mol. The summed E-state index contributed by atoms with van der Waals surface area (Å²) in [5, 5.41) is 0. The molecular weight excluding hydrogens is 200 g/mol. The first kappa shape index (κ1) is 15.9. The van der Waals surface area contributed by atoms with E-state index in [-0.39, 0.29) is 5.54 Å². The Kier molecular flexibility index (Phi) is 7.98. The second-order valence-electron chi connectivity index (χ2n) is 4.89. The van der Waals surface area contributed by atoms with Crippen molar-refractivity contribution in [2.24, 2.45) is 11.7 Å². The second-order valence-corrected chi connectivity index (χ2v) is 4.89.